The van der Waals surface area contributed by atoms with Crippen molar-refractivity contribution in [2.24, 2.45) is 0 Å². The van der Waals surface area contributed by atoms with Gasteiger partial charge in [0.15, 0.2) is 11.5 Å². The van der Waals surface area contributed by atoms with Gasteiger partial charge in [0.25, 0.3) is 0 Å². The normalized spacial score (nSPS) is 16.1. The van der Waals surface area contributed by atoms with Gasteiger partial charge < -0.3 is 20.0 Å². The van der Waals surface area contributed by atoms with Crippen molar-refractivity contribution in [3.05, 3.63) is 23.3 Å². The molecule has 0 unspecified atom stereocenters. The minimum absolute atomic E-state index is 0.0701. The van der Waals surface area contributed by atoms with E-state index in [0.717, 1.165) is 24.1 Å². The van der Waals surface area contributed by atoms with E-state index in [9.17, 15) is 15.2 Å². The Morgan fingerprint density at radius 1 is 1.20 bits per heavy atom. The van der Waals surface area contributed by atoms with Crippen LogP contribution in [0.15, 0.2) is 12.1 Å². The number of phenols is 2. The lowest BCUT2D eigenvalue weighted by Gasteiger charge is -2.29. The van der Waals surface area contributed by atoms with Crippen molar-refractivity contribution in [2.75, 3.05) is 6.54 Å². The fourth-order valence-corrected chi connectivity index (χ4v) is 1.92. The van der Waals surface area contributed by atoms with Crippen molar-refractivity contribution in [3.8, 4) is 11.5 Å². The number of benzene rings is 1. The van der Waals surface area contributed by atoms with Gasteiger partial charge in [-0.05, 0) is 43.0 Å². The molecule has 0 spiro atoms. The Kier molecular flexibility index (Phi) is 2.58. The van der Waals surface area contributed by atoms with E-state index in [1.54, 1.807) is 19.0 Å². The molecule has 1 aromatic rings. The van der Waals surface area contributed by atoms with E-state index in [1.807, 2.05) is 4.81 Å². The average Bonchev–Trinajstić information content (AvgIpc) is 2.19. The second-order valence-corrected chi connectivity index (χ2v) is 3.96. The van der Waals surface area contributed by atoms with Crippen LogP contribution < -0.4 is 0 Å². The summed E-state index contributed by atoms with van der Waals surface area (Å²) in [5.74, 6) is -0.166. The molecule has 0 atom stereocenters. The maximum absolute atomic E-state index is 9.44. The van der Waals surface area contributed by atoms with Gasteiger partial charge in [-0.15, -0.1) is 0 Å². The predicted molar refractivity (Wildman–Crippen MR) is 57.7 cm³/mol. The summed E-state index contributed by atoms with van der Waals surface area (Å²) in [6, 6.07) is 3.17. The Bertz CT molecular complexity index is 381. The van der Waals surface area contributed by atoms with E-state index in [2.05, 4.69) is 0 Å². The number of fused-ring (bicyclic) bond motifs is 1. The van der Waals surface area contributed by atoms with Crippen LogP contribution in [-0.2, 0) is 13.0 Å². The molecule has 0 aromatic heterocycles. The first kappa shape index (κ1) is 10.3. The molecule has 15 heavy (non-hydrogen) atoms. The first-order chi connectivity index (χ1) is 7.08. The van der Waals surface area contributed by atoms with E-state index >= 15 is 0 Å². The minimum Gasteiger partial charge on any atom is -0.504 e. The molecule has 1 aliphatic heterocycles. The third-order valence-corrected chi connectivity index (χ3v) is 2.87. The monoisotopic (exact) mass is 207 g/mol. The van der Waals surface area contributed by atoms with Gasteiger partial charge in [0.1, 0.15) is 0 Å². The summed E-state index contributed by atoms with van der Waals surface area (Å²) in [5, 5.41) is 28.1. The number of phenolic OH excluding ortho intramolecular Hbond substituents is 2. The van der Waals surface area contributed by atoms with Gasteiger partial charge in [-0.2, -0.15) is 0 Å². The zero-order valence-corrected chi connectivity index (χ0v) is 8.64. The molecule has 0 radical (unpaired) electrons. The van der Waals surface area contributed by atoms with Crippen LogP contribution in [0.1, 0.15) is 11.1 Å². The second-order valence-electron chi connectivity index (χ2n) is 3.96. The van der Waals surface area contributed by atoms with Crippen molar-refractivity contribution in [1.82, 2.24) is 4.81 Å². The quantitative estimate of drug-likeness (QED) is 0.465. The molecule has 1 aliphatic rings. The van der Waals surface area contributed by atoms with Crippen LogP contribution in [0.25, 0.3) is 0 Å². The highest BCUT2D eigenvalue weighted by atomic mass is 16.3. The molecule has 0 fully saturated rings. The van der Waals surface area contributed by atoms with Crippen molar-refractivity contribution in [2.45, 2.75) is 19.8 Å². The van der Waals surface area contributed by atoms with Crippen LogP contribution in [0.3, 0.4) is 0 Å². The summed E-state index contributed by atoms with van der Waals surface area (Å²) < 4.78 is 0. The van der Waals surface area contributed by atoms with E-state index in [-0.39, 0.29) is 11.5 Å². The van der Waals surface area contributed by atoms with Gasteiger partial charge in [0.05, 0.1) is 0 Å². The van der Waals surface area contributed by atoms with E-state index < -0.39 is 7.05 Å². The van der Waals surface area contributed by atoms with Crippen molar-refractivity contribution >= 4 is 7.05 Å². The summed E-state index contributed by atoms with van der Waals surface area (Å²) in [4.78, 5) is 1.92. The lowest BCUT2D eigenvalue weighted by molar-refractivity contribution is 0.343. The predicted octanol–water partition coefficient (Wildman–Crippen LogP) is 0.566. The van der Waals surface area contributed by atoms with Gasteiger partial charge >= 0.3 is 7.05 Å². The first-order valence-electron chi connectivity index (χ1n) is 5.04. The maximum Gasteiger partial charge on any atom is 0.376 e. The standard InChI is InChI=1S/C10H14BNO3/c1-11(15)12-3-2-7-4-9(13)10(14)5-8(7)6-12/h4-5,13-15H,2-3,6H2,1H3. The Hall–Kier alpha value is -1.20. The zero-order chi connectivity index (χ0) is 11.0. The zero-order valence-electron chi connectivity index (χ0n) is 8.64. The summed E-state index contributed by atoms with van der Waals surface area (Å²) in [6.07, 6.45) is 0.786. The van der Waals surface area contributed by atoms with Crippen LogP contribution >= 0.6 is 0 Å². The van der Waals surface area contributed by atoms with Crippen LogP contribution in [-0.4, -0.2) is 33.6 Å². The summed E-state index contributed by atoms with van der Waals surface area (Å²) in [5.41, 5.74) is 2.01. The lowest BCUT2D eigenvalue weighted by atomic mass is 9.81. The number of rotatable bonds is 1. The highest BCUT2D eigenvalue weighted by molar-refractivity contribution is 6.45. The Morgan fingerprint density at radius 2 is 1.80 bits per heavy atom. The largest absolute Gasteiger partial charge is 0.504 e. The molecule has 3 N–H and O–H groups in total. The average molecular weight is 207 g/mol. The second kappa shape index (κ2) is 3.75. The first-order valence-corrected chi connectivity index (χ1v) is 5.04. The molecule has 0 saturated carbocycles. The fraction of sp³-hybridized carbons (Fsp3) is 0.400. The Morgan fingerprint density at radius 3 is 2.40 bits per heavy atom. The molecule has 5 heteroatoms. The smallest absolute Gasteiger partial charge is 0.376 e. The minimum atomic E-state index is -0.478. The van der Waals surface area contributed by atoms with Crippen LogP contribution in [0.2, 0.25) is 6.82 Å². The highest BCUT2D eigenvalue weighted by Crippen LogP contribution is 2.31. The summed E-state index contributed by atoms with van der Waals surface area (Å²) in [7, 11) is -0.478. The molecular formula is C10H14BNO3. The maximum atomic E-state index is 9.44. The third-order valence-electron chi connectivity index (χ3n) is 2.87. The third kappa shape index (κ3) is 1.93. The summed E-state index contributed by atoms with van der Waals surface area (Å²) in [6.45, 7) is 3.11. The summed E-state index contributed by atoms with van der Waals surface area (Å²) >= 11 is 0. The van der Waals surface area contributed by atoms with Crippen LogP contribution in [0, 0.1) is 0 Å². The number of aromatic hydroxyl groups is 2. The van der Waals surface area contributed by atoms with Crippen molar-refractivity contribution in [1.29, 1.82) is 0 Å². The number of hydrogen-bond acceptors (Lipinski definition) is 4. The molecule has 2 rings (SSSR count). The molecule has 0 aliphatic carbocycles. The number of hydrogen-bond donors (Lipinski definition) is 3. The Labute approximate surface area is 88.9 Å². The van der Waals surface area contributed by atoms with E-state index in [0.29, 0.717) is 6.54 Å². The van der Waals surface area contributed by atoms with Crippen LogP contribution in [0.5, 0.6) is 11.5 Å². The molecular weight excluding hydrogens is 193 g/mol. The van der Waals surface area contributed by atoms with Crippen molar-refractivity contribution in [3.63, 3.8) is 0 Å². The topological polar surface area (TPSA) is 63.9 Å². The Balaban J connectivity index is 2.30. The van der Waals surface area contributed by atoms with Gasteiger partial charge in [0, 0.05) is 6.54 Å². The van der Waals surface area contributed by atoms with E-state index in [1.165, 1.54) is 0 Å². The van der Waals surface area contributed by atoms with Crippen molar-refractivity contribution < 1.29 is 15.2 Å². The lowest BCUT2D eigenvalue weighted by Crippen LogP contribution is -2.40. The SMILES string of the molecule is CB(O)N1CCc2cc(O)c(O)cc2C1. The molecule has 0 amide bonds. The molecule has 80 valence electrons. The molecule has 1 heterocycles. The number of nitrogens with zero attached hydrogens (tertiary/aromatic N) is 1. The van der Waals surface area contributed by atoms with Crippen LogP contribution in [0.4, 0.5) is 0 Å². The molecule has 1 aromatic carbocycles. The molecule has 4 nitrogen and oxygen atoms in total. The molecule has 0 saturated heterocycles. The van der Waals surface area contributed by atoms with Gasteiger partial charge in [0.2, 0.25) is 0 Å². The van der Waals surface area contributed by atoms with Gasteiger partial charge in [-0.1, -0.05) is 0 Å². The highest BCUT2D eigenvalue weighted by Gasteiger charge is 2.23. The van der Waals surface area contributed by atoms with E-state index in [4.69, 9.17) is 0 Å². The van der Waals surface area contributed by atoms with Gasteiger partial charge in [-0.3, -0.25) is 0 Å². The van der Waals surface area contributed by atoms with Gasteiger partial charge in [-0.25, -0.2) is 0 Å². The molecule has 0 bridgehead atoms. The fourth-order valence-electron chi connectivity index (χ4n) is 1.92.